The Morgan fingerprint density at radius 3 is 1.84 bits per heavy atom. The van der Waals surface area contributed by atoms with Gasteiger partial charge in [0, 0.05) is 12.1 Å². The number of hydrogen-bond donors (Lipinski definition) is 4. The van der Waals surface area contributed by atoms with Crippen molar-refractivity contribution in [3.05, 3.63) is 12.2 Å². The fourth-order valence-corrected chi connectivity index (χ4v) is 0.455. The summed E-state index contributed by atoms with van der Waals surface area (Å²) in [6.07, 6.45) is 0.818. The molecule has 0 heterocycles. The van der Waals surface area contributed by atoms with Gasteiger partial charge < -0.3 is 16.0 Å². The molecule has 0 aromatic rings. The zero-order chi connectivity index (χ0) is 16.1. The highest BCUT2D eigenvalue weighted by Gasteiger charge is 1.97. The normalized spacial score (nSPS) is 9.68. The van der Waals surface area contributed by atoms with E-state index in [4.69, 9.17) is 23.3 Å². The van der Waals surface area contributed by atoms with Crippen LogP contribution in [0.2, 0.25) is 0 Å². The third-order valence-corrected chi connectivity index (χ3v) is 1.05. The van der Waals surface area contributed by atoms with Crippen LogP contribution in [0, 0.1) is 0 Å². The molecule has 9 heteroatoms. The fraction of sp³-hybridized carbons (Fsp3) is 0.700. The quantitative estimate of drug-likeness (QED) is 0.314. The molecule has 19 heavy (non-hydrogen) atoms. The lowest BCUT2D eigenvalue weighted by Crippen LogP contribution is -2.26. The molecule has 116 valence electrons. The minimum absolute atomic E-state index is 0.0894. The number of carbonyl (C=O) groups is 1. The molecule has 0 aliphatic carbocycles. The zero-order valence-corrected chi connectivity index (χ0v) is 12.7. The highest BCUT2D eigenvalue weighted by atomic mass is 32.3. The van der Waals surface area contributed by atoms with Crippen LogP contribution >= 0.6 is 0 Å². The molecule has 0 rings (SSSR count). The third-order valence-electron chi connectivity index (χ3n) is 1.05. The molecule has 0 aromatic heterocycles. The third kappa shape index (κ3) is 59.8. The zero-order valence-electron chi connectivity index (χ0n) is 11.9. The number of nitrogens with one attached hydrogen (secondary N) is 1. The summed E-state index contributed by atoms with van der Waals surface area (Å²) < 4.78 is 31.6. The van der Waals surface area contributed by atoms with Crippen LogP contribution in [0.25, 0.3) is 0 Å². The highest BCUT2D eigenvalue weighted by molar-refractivity contribution is 7.79. The van der Waals surface area contributed by atoms with Gasteiger partial charge in [0.1, 0.15) is 0 Å². The molecular formula is C10H25N3O5S. The van der Waals surface area contributed by atoms with E-state index in [9.17, 15) is 4.79 Å². The van der Waals surface area contributed by atoms with Gasteiger partial charge >= 0.3 is 10.4 Å². The molecule has 5 N–H and O–H groups in total. The van der Waals surface area contributed by atoms with Crippen molar-refractivity contribution in [1.29, 1.82) is 0 Å². The van der Waals surface area contributed by atoms with Crippen LogP contribution in [0.1, 0.15) is 13.3 Å². The number of carbonyl (C=O) groups excluding carboxylic acids is 1. The maximum Gasteiger partial charge on any atom is 0.394 e. The number of nitrogens with two attached hydrogens (primary N) is 1. The molecule has 0 saturated carbocycles. The Kier molecular flexibility index (Phi) is 16.3. The van der Waals surface area contributed by atoms with E-state index in [1.807, 2.05) is 26.0 Å². The molecule has 0 aliphatic heterocycles. The van der Waals surface area contributed by atoms with E-state index in [1.54, 1.807) is 6.92 Å². The number of hydrogen-bond acceptors (Lipinski definition) is 5. The maximum absolute atomic E-state index is 10.8. The predicted molar refractivity (Wildman–Crippen MR) is 75.3 cm³/mol. The van der Waals surface area contributed by atoms with Gasteiger partial charge in [0.2, 0.25) is 5.91 Å². The Hall–Kier alpha value is -1.00. The monoisotopic (exact) mass is 299 g/mol. The van der Waals surface area contributed by atoms with Crippen molar-refractivity contribution in [3.8, 4) is 0 Å². The van der Waals surface area contributed by atoms with E-state index >= 15 is 0 Å². The van der Waals surface area contributed by atoms with Gasteiger partial charge in [0.25, 0.3) is 0 Å². The summed E-state index contributed by atoms with van der Waals surface area (Å²) in [5, 5.41) is 2.66. The Morgan fingerprint density at radius 1 is 1.32 bits per heavy atom. The number of rotatable bonds is 4. The van der Waals surface area contributed by atoms with Crippen LogP contribution in [-0.4, -0.2) is 62.6 Å². The first-order valence-electron chi connectivity index (χ1n) is 5.36. The Morgan fingerprint density at radius 2 is 1.63 bits per heavy atom. The molecular weight excluding hydrogens is 274 g/mol. The van der Waals surface area contributed by atoms with Gasteiger partial charge in [-0.05, 0) is 41.0 Å². The fourth-order valence-electron chi connectivity index (χ4n) is 0.455. The van der Waals surface area contributed by atoms with Crippen molar-refractivity contribution in [2.75, 3.05) is 34.2 Å². The molecule has 0 atom stereocenters. The van der Waals surface area contributed by atoms with Gasteiger partial charge in [-0.3, -0.25) is 13.9 Å². The average molecular weight is 299 g/mol. The molecule has 1 amide bonds. The Bertz CT molecular complexity index is 330. The molecule has 0 spiro atoms. The van der Waals surface area contributed by atoms with Crippen LogP contribution in [-0.2, 0) is 15.2 Å². The summed E-state index contributed by atoms with van der Waals surface area (Å²) in [7, 11) is 1.33. The summed E-state index contributed by atoms with van der Waals surface area (Å²) in [4.78, 5) is 12.8. The molecule has 0 aliphatic rings. The maximum atomic E-state index is 10.8. The van der Waals surface area contributed by atoms with Crippen molar-refractivity contribution >= 4 is 16.3 Å². The summed E-state index contributed by atoms with van der Waals surface area (Å²) in [6, 6.07) is 0. The van der Waals surface area contributed by atoms with Crippen molar-refractivity contribution in [2.24, 2.45) is 5.73 Å². The topological polar surface area (TPSA) is 133 Å². The first-order chi connectivity index (χ1) is 8.41. The second-order valence-corrected chi connectivity index (χ2v) is 4.86. The van der Waals surface area contributed by atoms with Gasteiger partial charge in [-0.25, -0.2) is 0 Å². The summed E-state index contributed by atoms with van der Waals surface area (Å²) in [5.41, 5.74) is 5.76. The molecule has 0 saturated heterocycles. The van der Waals surface area contributed by atoms with Crippen LogP contribution in [0.3, 0.4) is 0 Å². The first kappa shape index (κ1) is 23.1. The number of nitrogens with zero attached hydrogens (tertiary/aromatic N) is 1. The number of amides is 1. The second kappa shape index (κ2) is 13.4. The second-order valence-electron chi connectivity index (χ2n) is 3.97. The summed E-state index contributed by atoms with van der Waals surface area (Å²) >= 11 is 0. The van der Waals surface area contributed by atoms with Gasteiger partial charge in [-0.15, -0.1) is 0 Å². The van der Waals surface area contributed by atoms with Gasteiger partial charge in [0.15, 0.2) is 0 Å². The van der Waals surface area contributed by atoms with Crippen LogP contribution < -0.4 is 11.1 Å². The van der Waals surface area contributed by atoms with Crippen LogP contribution in [0.4, 0.5) is 0 Å². The lowest BCUT2D eigenvalue weighted by molar-refractivity contribution is -0.117. The molecule has 0 bridgehead atoms. The van der Waals surface area contributed by atoms with E-state index in [2.05, 4.69) is 11.9 Å². The van der Waals surface area contributed by atoms with E-state index < -0.39 is 10.4 Å². The Balaban J connectivity index is -0.000000238. The SMILES string of the molecule is C=C(C)C(=O)NCCCN.CN(C)C.O=S(=O)(O)O. The van der Waals surface area contributed by atoms with Crippen LogP contribution in [0.15, 0.2) is 12.2 Å². The van der Waals surface area contributed by atoms with E-state index in [-0.39, 0.29) is 5.91 Å². The molecule has 0 unspecified atom stereocenters. The van der Waals surface area contributed by atoms with Crippen molar-refractivity contribution in [3.63, 3.8) is 0 Å². The minimum Gasteiger partial charge on any atom is -0.352 e. The minimum atomic E-state index is -4.67. The van der Waals surface area contributed by atoms with E-state index in [0.717, 1.165) is 6.42 Å². The van der Waals surface area contributed by atoms with E-state index in [0.29, 0.717) is 18.7 Å². The summed E-state index contributed by atoms with van der Waals surface area (Å²) in [6.45, 7) is 6.42. The smallest absolute Gasteiger partial charge is 0.352 e. The summed E-state index contributed by atoms with van der Waals surface area (Å²) in [5.74, 6) is -0.0894. The molecule has 0 aromatic carbocycles. The van der Waals surface area contributed by atoms with Crippen molar-refractivity contribution in [2.45, 2.75) is 13.3 Å². The predicted octanol–water partition coefficient (Wildman–Crippen LogP) is -0.447. The molecule has 8 nitrogen and oxygen atoms in total. The van der Waals surface area contributed by atoms with Gasteiger partial charge in [0.05, 0.1) is 0 Å². The lowest BCUT2D eigenvalue weighted by atomic mass is 10.3. The highest BCUT2D eigenvalue weighted by Crippen LogP contribution is 1.84. The average Bonchev–Trinajstić information content (AvgIpc) is 2.14. The van der Waals surface area contributed by atoms with Crippen molar-refractivity contribution in [1.82, 2.24) is 10.2 Å². The Labute approximate surface area is 115 Å². The van der Waals surface area contributed by atoms with Crippen LogP contribution in [0.5, 0.6) is 0 Å². The van der Waals surface area contributed by atoms with Crippen molar-refractivity contribution < 1.29 is 22.3 Å². The first-order valence-corrected chi connectivity index (χ1v) is 6.76. The molecule has 0 fully saturated rings. The lowest BCUT2D eigenvalue weighted by Gasteiger charge is -2.01. The molecule has 0 radical (unpaired) electrons. The largest absolute Gasteiger partial charge is 0.394 e. The van der Waals surface area contributed by atoms with Gasteiger partial charge in [-0.2, -0.15) is 8.42 Å². The van der Waals surface area contributed by atoms with E-state index in [1.165, 1.54) is 0 Å². The van der Waals surface area contributed by atoms with Gasteiger partial charge in [-0.1, -0.05) is 6.58 Å². The standard InChI is InChI=1S/C7H14N2O.C3H9N.H2O4S/c1-6(2)7(10)9-5-3-4-8;1-4(2)3;1-5(2,3)4/h1,3-5,8H2,2H3,(H,9,10);1-3H3;(H2,1,2,3,4).